The number of carbonyl (C=O) groups excluding carboxylic acids is 3. The molecule has 6 heteroatoms. The summed E-state index contributed by atoms with van der Waals surface area (Å²) in [6.07, 6.45) is 0. The van der Waals surface area contributed by atoms with Gasteiger partial charge in [0.1, 0.15) is 11.4 Å². The van der Waals surface area contributed by atoms with E-state index in [-0.39, 0.29) is 23.1 Å². The smallest absolute Gasteiger partial charge is 0.274 e. The molecule has 0 aliphatic carbocycles. The lowest BCUT2D eigenvalue weighted by atomic mass is 10.1. The van der Waals surface area contributed by atoms with Crippen molar-refractivity contribution in [3.63, 3.8) is 0 Å². The second-order valence-corrected chi connectivity index (χ2v) is 6.17. The molecule has 0 bridgehead atoms. The molecule has 28 heavy (non-hydrogen) atoms. The number of aromatic nitrogens is 1. The number of rotatable bonds is 6. The van der Waals surface area contributed by atoms with Crippen LogP contribution in [0.3, 0.4) is 0 Å². The zero-order chi connectivity index (χ0) is 19.9. The summed E-state index contributed by atoms with van der Waals surface area (Å²) in [6, 6.07) is 20.8. The first-order valence-corrected chi connectivity index (χ1v) is 8.74. The van der Waals surface area contributed by atoms with Gasteiger partial charge in [0.15, 0.2) is 5.78 Å². The average molecular weight is 373 g/mol. The van der Waals surface area contributed by atoms with Crippen molar-refractivity contribution in [3.8, 4) is 0 Å². The summed E-state index contributed by atoms with van der Waals surface area (Å²) in [5.41, 5.74) is 2.22. The first-order chi connectivity index (χ1) is 13.5. The maximum atomic E-state index is 12.5. The number of carbonyl (C=O) groups is 3. The standard InChI is InChI=1S/C22H19N3O3/c1-15(26)17-9-5-10-18(13-17)24-22(28)20-12-6-11-19(25-20)21(27)23-14-16-7-3-2-4-8-16/h2-13H,14H2,1H3,(H,23,27)(H,24,28). The van der Waals surface area contributed by atoms with E-state index in [0.29, 0.717) is 17.8 Å². The first-order valence-electron chi connectivity index (χ1n) is 8.74. The number of amides is 2. The molecule has 0 atom stereocenters. The van der Waals surface area contributed by atoms with E-state index in [2.05, 4.69) is 15.6 Å². The minimum Gasteiger partial charge on any atom is -0.347 e. The van der Waals surface area contributed by atoms with Gasteiger partial charge < -0.3 is 10.6 Å². The molecule has 6 nitrogen and oxygen atoms in total. The first kappa shape index (κ1) is 19.0. The number of hydrogen-bond acceptors (Lipinski definition) is 4. The third-order valence-electron chi connectivity index (χ3n) is 4.04. The molecule has 140 valence electrons. The molecule has 2 N–H and O–H groups in total. The predicted octanol–water partition coefficient (Wildman–Crippen LogP) is 3.47. The van der Waals surface area contributed by atoms with E-state index in [1.54, 1.807) is 36.4 Å². The number of hydrogen-bond donors (Lipinski definition) is 2. The molecule has 3 aromatic rings. The fraction of sp³-hybridized carbons (Fsp3) is 0.0909. The Morgan fingerprint density at radius 3 is 2.21 bits per heavy atom. The molecule has 0 saturated carbocycles. The SMILES string of the molecule is CC(=O)c1cccc(NC(=O)c2cccc(C(=O)NCc3ccccc3)n2)c1. The van der Waals surface area contributed by atoms with Crippen LogP contribution in [0.15, 0.2) is 72.8 Å². The molecule has 1 aromatic heterocycles. The zero-order valence-electron chi connectivity index (χ0n) is 15.3. The molecule has 0 unspecified atom stereocenters. The van der Waals surface area contributed by atoms with Gasteiger partial charge in [0, 0.05) is 17.8 Å². The van der Waals surface area contributed by atoms with Crippen molar-refractivity contribution in [2.45, 2.75) is 13.5 Å². The number of ketones is 1. The second kappa shape index (κ2) is 8.73. The van der Waals surface area contributed by atoms with Gasteiger partial charge in [-0.25, -0.2) is 4.98 Å². The van der Waals surface area contributed by atoms with Crippen molar-refractivity contribution in [3.05, 3.63) is 95.3 Å². The lowest BCUT2D eigenvalue weighted by Crippen LogP contribution is -2.25. The Hall–Kier alpha value is -3.80. The molecule has 1 heterocycles. The van der Waals surface area contributed by atoms with Gasteiger partial charge in [-0.15, -0.1) is 0 Å². The van der Waals surface area contributed by atoms with Crippen LogP contribution in [0.2, 0.25) is 0 Å². The lowest BCUT2D eigenvalue weighted by Gasteiger charge is -2.08. The molecular weight excluding hydrogens is 354 g/mol. The minimum atomic E-state index is -0.460. The van der Waals surface area contributed by atoms with Crippen molar-refractivity contribution < 1.29 is 14.4 Å². The van der Waals surface area contributed by atoms with Gasteiger partial charge >= 0.3 is 0 Å². The summed E-state index contributed by atoms with van der Waals surface area (Å²) in [4.78, 5) is 40.4. The summed E-state index contributed by atoms with van der Waals surface area (Å²) in [5, 5.41) is 5.47. The van der Waals surface area contributed by atoms with E-state index in [9.17, 15) is 14.4 Å². The summed E-state index contributed by atoms with van der Waals surface area (Å²) < 4.78 is 0. The normalized spacial score (nSPS) is 10.2. The number of anilines is 1. The maximum absolute atomic E-state index is 12.5. The Labute approximate surface area is 162 Å². The number of Topliss-reactive ketones (excluding diaryl/α,β-unsaturated/α-hetero) is 1. The second-order valence-electron chi connectivity index (χ2n) is 6.17. The van der Waals surface area contributed by atoms with Gasteiger partial charge in [-0.2, -0.15) is 0 Å². The van der Waals surface area contributed by atoms with Crippen LogP contribution in [0.25, 0.3) is 0 Å². The van der Waals surface area contributed by atoms with Gasteiger partial charge in [-0.3, -0.25) is 14.4 Å². The molecule has 0 saturated heterocycles. The van der Waals surface area contributed by atoms with Crippen molar-refractivity contribution in [1.29, 1.82) is 0 Å². The fourth-order valence-corrected chi connectivity index (χ4v) is 2.57. The zero-order valence-corrected chi connectivity index (χ0v) is 15.3. The van der Waals surface area contributed by atoms with E-state index in [4.69, 9.17) is 0 Å². The molecule has 2 amide bonds. The Bertz CT molecular complexity index is 1020. The Morgan fingerprint density at radius 1 is 0.821 bits per heavy atom. The highest BCUT2D eigenvalue weighted by Gasteiger charge is 2.13. The lowest BCUT2D eigenvalue weighted by molar-refractivity contribution is 0.0944. The third-order valence-corrected chi connectivity index (χ3v) is 4.04. The van der Waals surface area contributed by atoms with E-state index in [0.717, 1.165) is 5.56 Å². The molecule has 0 fully saturated rings. The van der Waals surface area contributed by atoms with Crippen LogP contribution < -0.4 is 10.6 Å². The number of nitrogens with one attached hydrogen (secondary N) is 2. The number of benzene rings is 2. The van der Waals surface area contributed by atoms with E-state index >= 15 is 0 Å². The van der Waals surface area contributed by atoms with Crippen LogP contribution in [0.4, 0.5) is 5.69 Å². The monoisotopic (exact) mass is 373 g/mol. The quantitative estimate of drug-likeness (QED) is 0.648. The van der Waals surface area contributed by atoms with Crippen LogP contribution in [0.1, 0.15) is 43.8 Å². The van der Waals surface area contributed by atoms with Crippen molar-refractivity contribution in [1.82, 2.24) is 10.3 Å². The van der Waals surface area contributed by atoms with Gasteiger partial charge in [0.25, 0.3) is 11.8 Å². The van der Waals surface area contributed by atoms with Crippen molar-refractivity contribution >= 4 is 23.3 Å². The molecule has 0 aliphatic rings. The largest absolute Gasteiger partial charge is 0.347 e. The van der Waals surface area contributed by atoms with Crippen LogP contribution in [0, 0.1) is 0 Å². The number of nitrogens with zero attached hydrogens (tertiary/aromatic N) is 1. The highest BCUT2D eigenvalue weighted by Crippen LogP contribution is 2.12. The Morgan fingerprint density at radius 2 is 1.50 bits per heavy atom. The Balaban J connectivity index is 1.68. The van der Waals surface area contributed by atoms with Gasteiger partial charge in [-0.1, -0.05) is 48.5 Å². The third kappa shape index (κ3) is 4.88. The molecule has 0 radical (unpaired) electrons. The predicted molar refractivity (Wildman–Crippen MR) is 106 cm³/mol. The van der Waals surface area contributed by atoms with E-state index < -0.39 is 5.91 Å². The van der Waals surface area contributed by atoms with Crippen LogP contribution >= 0.6 is 0 Å². The number of pyridine rings is 1. The summed E-state index contributed by atoms with van der Waals surface area (Å²) in [6.45, 7) is 1.83. The molecular formula is C22H19N3O3. The van der Waals surface area contributed by atoms with Crippen LogP contribution in [-0.2, 0) is 6.54 Å². The Kier molecular flexibility index (Phi) is 5.91. The molecule has 3 rings (SSSR count). The highest BCUT2D eigenvalue weighted by atomic mass is 16.2. The van der Waals surface area contributed by atoms with Crippen LogP contribution in [0.5, 0.6) is 0 Å². The molecule has 0 spiro atoms. The van der Waals surface area contributed by atoms with Gasteiger partial charge in [0.2, 0.25) is 0 Å². The van der Waals surface area contributed by atoms with E-state index in [1.165, 1.54) is 13.0 Å². The molecule has 0 aliphatic heterocycles. The van der Waals surface area contributed by atoms with Crippen LogP contribution in [-0.4, -0.2) is 22.6 Å². The van der Waals surface area contributed by atoms with Crippen molar-refractivity contribution in [2.24, 2.45) is 0 Å². The fourth-order valence-electron chi connectivity index (χ4n) is 2.57. The van der Waals surface area contributed by atoms with Gasteiger partial charge in [-0.05, 0) is 36.8 Å². The van der Waals surface area contributed by atoms with Gasteiger partial charge in [0.05, 0.1) is 0 Å². The summed E-state index contributed by atoms with van der Waals surface area (Å²) in [7, 11) is 0. The molecule has 2 aromatic carbocycles. The minimum absolute atomic E-state index is 0.0914. The highest BCUT2D eigenvalue weighted by molar-refractivity contribution is 6.04. The summed E-state index contributed by atoms with van der Waals surface area (Å²) in [5.74, 6) is -0.915. The maximum Gasteiger partial charge on any atom is 0.274 e. The van der Waals surface area contributed by atoms with E-state index in [1.807, 2.05) is 30.3 Å². The topological polar surface area (TPSA) is 88.2 Å². The average Bonchev–Trinajstić information content (AvgIpc) is 2.73. The summed E-state index contributed by atoms with van der Waals surface area (Å²) >= 11 is 0. The van der Waals surface area contributed by atoms with Crippen molar-refractivity contribution in [2.75, 3.05) is 5.32 Å².